The first-order valence-corrected chi connectivity index (χ1v) is 6.30. The molecule has 6 heteroatoms. The highest BCUT2D eigenvalue weighted by molar-refractivity contribution is 7.99. The van der Waals surface area contributed by atoms with Gasteiger partial charge in [0.1, 0.15) is 11.4 Å². The van der Waals surface area contributed by atoms with Crippen molar-refractivity contribution in [3.05, 3.63) is 29.3 Å². The van der Waals surface area contributed by atoms with E-state index < -0.39 is 23.1 Å². The van der Waals surface area contributed by atoms with E-state index in [1.54, 1.807) is 11.8 Å². The molecule has 1 aromatic rings. The zero-order chi connectivity index (χ0) is 13.0. The molecule has 0 aliphatic heterocycles. The monoisotopic (exact) mass is 260 g/mol. The average Bonchev–Trinajstić information content (AvgIpc) is 2.31. The first-order valence-electron chi connectivity index (χ1n) is 5.01. The number of rotatable bonds is 4. The number of thioether (sulfide) groups is 1. The Morgan fingerprint density at radius 3 is 2.76 bits per heavy atom. The van der Waals surface area contributed by atoms with Crippen molar-refractivity contribution in [2.45, 2.75) is 12.2 Å². The number of benzene rings is 1. The molecule has 17 heavy (non-hydrogen) atoms. The molecule has 0 saturated heterocycles. The maximum Gasteiger partial charge on any atom is 0.257 e. The molecule has 94 valence electrons. The Kier molecular flexibility index (Phi) is 4.74. The summed E-state index contributed by atoms with van der Waals surface area (Å²) in [5, 5.41) is 2.64. The maximum atomic E-state index is 13.5. The van der Waals surface area contributed by atoms with Crippen LogP contribution in [-0.4, -0.2) is 24.0 Å². The lowest BCUT2D eigenvalue weighted by Gasteiger charge is -2.11. The van der Waals surface area contributed by atoms with Crippen LogP contribution in [0.25, 0.3) is 0 Å². The Bertz CT molecular complexity index is 426. The average molecular weight is 260 g/mol. The summed E-state index contributed by atoms with van der Waals surface area (Å²) in [6, 6.07) is 2.07. The molecule has 3 N–H and O–H groups in total. The van der Waals surface area contributed by atoms with E-state index in [1.165, 1.54) is 0 Å². The molecule has 0 aliphatic carbocycles. The summed E-state index contributed by atoms with van der Waals surface area (Å²) < 4.78 is 26.8. The molecule has 0 saturated carbocycles. The highest BCUT2D eigenvalue weighted by Gasteiger charge is 2.19. The molecule has 0 aliphatic rings. The summed E-state index contributed by atoms with van der Waals surface area (Å²) in [6.07, 6.45) is 1.89. The van der Waals surface area contributed by atoms with Gasteiger partial charge in [0.25, 0.3) is 5.91 Å². The van der Waals surface area contributed by atoms with E-state index in [0.29, 0.717) is 6.54 Å². The van der Waals surface area contributed by atoms with Gasteiger partial charge < -0.3 is 11.1 Å². The fourth-order valence-corrected chi connectivity index (χ4v) is 1.43. The number of nitrogen functional groups attached to an aromatic ring is 1. The molecule has 0 fully saturated rings. The molecule has 0 aromatic heterocycles. The number of nitrogens with one attached hydrogen (secondary N) is 1. The van der Waals surface area contributed by atoms with Crippen LogP contribution in [0.5, 0.6) is 0 Å². The molecule has 1 aromatic carbocycles. The van der Waals surface area contributed by atoms with Crippen LogP contribution in [0, 0.1) is 11.6 Å². The van der Waals surface area contributed by atoms with Gasteiger partial charge in [0.05, 0.1) is 5.69 Å². The SMILES string of the molecule is CSC(C)CNC(=O)c1c(F)ccc(N)c1F. The Labute approximate surface area is 103 Å². The first-order chi connectivity index (χ1) is 7.97. The van der Waals surface area contributed by atoms with Crippen LogP contribution in [0.4, 0.5) is 14.5 Å². The van der Waals surface area contributed by atoms with Crippen molar-refractivity contribution in [2.75, 3.05) is 18.5 Å². The molecule has 3 nitrogen and oxygen atoms in total. The molecular formula is C11H14F2N2OS. The third-order valence-electron chi connectivity index (χ3n) is 2.30. The fraction of sp³-hybridized carbons (Fsp3) is 0.364. The van der Waals surface area contributed by atoms with Gasteiger partial charge in [-0.2, -0.15) is 11.8 Å². The van der Waals surface area contributed by atoms with Crippen molar-refractivity contribution in [1.82, 2.24) is 5.32 Å². The number of amides is 1. The molecule has 0 spiro atoms. The van der Waals surface area contributed by atoms with Crippen molar-refractivity contribution in [3.8, 4) is 0 Å². The van der Waals surface area contributed by atoms with Gasteiger partial charge in [-0.1, -0.05) is 6.92 Å². The Morgan fingerprint density at radius 2 is 2.18 bits per heavy atom. The highest BCUT2D eigenvalue weighted by Crippen LogP contribution is 2.18. The van der Waals surface area contributed by atoms with Crippen molar-refractivity contribution in [2.24, 2.45) is 0 Å². The van der Waals surface area contributed by atoms with E-state index in [-0.39, 0.29) is 10.9 Å². The molecule has 1 amide bonds. The van der Waals surface area contributed by atoms with Gasteiger partial charge in [-0.05, 0) is 18.4 Å². The smallest absolute Gasteiger partial charge is 0.257 e. The molecule has 1 unspecified atom stereocenters. The minimum atomic E-state index is -1.01. The van der Waals surface area contributed by atoms with Gasteiger partial charge in [-0.25, -0.2) is 8.78 Å². The quantitative estimate of drug-likeness (QED) is 0.814. The van der Waals surface area contributed by atoms with Crippen LogP contribution in [0.3, 0.4) is 0 Å². The van der Waals surface area contributed by atoms with E-state index in [9.17, 15) is 13.6 Å². The summed E-state index contributed by atoms with van der Waals surface area (Å²) in [5.41, 5.74) is 4.42. The number of anilines is 1. The number of halogens is 2. The lowest BCUT2D eigenvalue weighted by molar-refractivity contribution is 0.0946. The van der Waals surface area contributed by atoms with Crippen molar-refractivity contribution < 1.29 is 13.6 Å². The summed E-state index contributed by atoms with van der Waals surface area (Å²) in [6.45, 7) is 2.24. The second-order valence-electron chi connectivity index (χ2n) is 3.58. The molecule has 0 radical (unpaired) electrons. The zero-order valence-electron chi connectivity index (χ0n) is 9.59. The summed E-state index contributed by atoms with van der Waals surface area (Å²) in [4.78, 5) is 11.6. The topological polar surface area (TPSA) is 55.1 Å². The van der Waals surface area contributed by atoms with E-state index in [2.05, 4.69) is 5.32 Å². The Balaban J connectivity index is 2.86. The Morgan fingerprint density at radius 1 is 1.53 bits per heavy atom. The van der Waals surface area contributed by atoms with E-state index in [0.717, 1.165) is 12.1 Å². The largest absolute Gasteiger partial charge is 0.396 e. The van der Waals surface area contributed by atoms with E-state index in [1.807, 2.05) is 13.2 Å². The van der Waals surface area contributed by atoms with Gasteiger partial charge in [0.15, 0.2) is 5.82 Å². The van der Waals surface area contributed by atoms with Gasteiger partial charge in [-0.15, -0.1) is 0 Å². The summed E-state index contributed by atoms with van der Waals surface area (Å²) in [5.74, 6) is -2.71. The van der Waals surface area contributed by atoms with Gasteiger partial charge in [0, 0.05) is 11.8 Å². The van der Waals surface area contributed by atoms with Crippen molar-refractivity contribution in [3.63, 3.8) is 0 Å². The number of hydrogen-bond acceptors (Lipinski definition) is 3. The number of hydrogen-bond donors (Lipinski definition) is 2. The number of carbonyl (C=O) groups is 1. The summed E-state index contributed by atoms with van der Waals surface area (Å²) >= 11 is 1.55. The van der Waals surface area contributed by atoms with E-state index in [4.69, 9.17) is 5.73 Å². The fourth-order valence-electron chi connectivity index (χ4n) is 1.18. The lowest BCUT2D eigenvalue weighted by Crippen LogP contribution is -2.31. The molecule has 1 rings (SSSR count). The van der Waals surface area contributed by atoms with Crippen LogP contribution in [0.1, 0.15) is 17.3 Å². The van der Waals surface area contributed by atoms with Crippen LogP contribution < -0.4 is 11.1 Å². The second kappa shape index (κ2) is 5.86. The predicted molar refractivity (Wildman–Crippen MR) is 66.1 cm³/mol. The van der Waals surface area contributed by atoms with Gasteiger partial charge >= 0.3 is 0 Å². The minimum Gasteiger partial charge on any atom is -0.396 e. The van der Waals surface area contributed by atoms with Gasteiger partial charge in [0.2, 0.25) is 0 Å². The van der Waals surface area contributed by atoms with Crippen molar-refractivity contribution >= 4 is 23.4 Å². The normalized spacial score (nSPS) is 12.2. The maximum absolute atomic E-state index is 13.5. The van der Waals surface area contributed by atoms with E-state index >= 15 is 0 Å². The standard InChI is InChI=1S/C11H14F2N2OS/c1-6(17-2)5-15-11(16)9-7(12)3-4-8(14)10(9)13/h3-4,6H,5,14H2,1-2H3,(H,15,16). The van der Waals surface area contributed by atoms with Crippen LogP contribution in [0.15, 0.2) is 12.1 Å². The number of nitrogens with two attached hydrogens (primary N) is 1. The molecule has 0 heterocycles. The van der Waals surface area contributed by atoms with Gasteiger partial charge in [-0.3, -0.25) is 4.79 Å². The molecular weight excluding hydrogens is 246 g/mol. The van der Waals surface area contributed by atoms with Crippen molar-refractivity contribution in [1.29, 1.82) is 0 Å². The highest BCUT2D eigenvalue weighted by atomic mass is 32.2. The lowest BCUT2D eigenvalue weighted by atomic mass is 10.1. The second-order valence-corrected chi connectivity index (χ2v) is 4.86. The zero-order valence-corrected chi connectivity index (χ0v) is 10.4. The van der Waals surface area contributed by atoms with Crippen LogP contribution in [0.2, 0.25) is 0 Å². The molecule has 1 atom stereocenters. The molecule has 0 bridgehead atoms. The third-order valence-corrected chi connectivity index (χ3v) is 3.27. The van der Waals surface area contributed by atoms with Crippen LogP contribution in [-0.2, 0) is 0 Å². The van der Waals surface area contributed by atoms with Crippen LogP contribution >= 0.6 is 11.8 Å². The number of carbonyl (C=O) groups excluding carboxylic acids is 1. The predicted octanol–water partition coefficient (Wildman–Crippen LogP) is 2.03. The Hall–Kier alpha value is -1.30. The third kappa shape index (κ3) is 3.33. The first kappa shape index (κ1) is 13.8. The minimum absolute atomic E-state index is 0.172. The summed E-state index contributed by atoms with van der Waals surface area (Å²) in [7, 11) is 0.